The van der Waals surface area contributed by atoms with Gasteiger partial charge in [0, 0.05) is 32.1 Å². The van der Waals surface area contributed by atoms with Gasteiger partial charge in [-0.15, -0.1) is 0 Å². The zero-order valence-electron chi connectivity index (χ0n) is 8.98. The van der Waals surface area contributed by atoms with E-state index in [1.54, 1.807) is 11.3 Å². The van der Waals surface area contributed by atoms with Crippen molar-refractivity contribution in [2.75, 3.05) is 0 Å². The quantitative estimate of drug-likeness (QED) is 0.652. The molecule has 0 amide bonds. The van der Waals surface area contributed by atoms with Crippen LogP contribution in [0.2, 0.25) is 0 Å². The fourth-order valence-corrected chi connectivity index (χ4v) is 2.00. The predicted molar refractivity (Wildman–Crippen MR) is 62.6 cm³/mol. The summed E-state index contributed by atoms with van der Waals surface area (Å²) in [6, 6.07) is 1.91. The molecule has 0 spiro atoms. The first-order valence-electron chi connectivity index (χ1n) is 5.20. The largest absolute Gasteiger partial charge is 0.303 e. The van der Waals surface area contributed by atoms with Gasteiger partial charge in [0.05, 0.1) is 0 Å². The molecule has 0 atom stereocenters. The van der Waals surface area contributed by atoms with Gasteiger partial charge < -0.3 is 4.79 Å². The SMILES string of the molecule is O=CCCC(=O)CCC(=O)Cc1ccsc1. The highest BCUT2D eigenvalue weighted by Crippen LogP contribution is 2.09. The van der Waals surface area contributed by atoms with Crippen LogP contribution in [0.5, 0.6) is 0 Å². The maximum absolute atomic E-state index is 11.5. The minimum Gasteiger partial charge on any atom is -0.303 e. The van der Waals surface area contributed by atoms with Crippen LogP contribution in [0.1, 0.15) is 31.2 Å². The van der Waals surface area contributed by atoms with Gasteiger partial charge in [-0.3, -0.25) is 9.59 Å². The first-order valence-corrected chi connectivity index (χ1v) is 6.14. The number of rotatable bonds is 8. The third kappa shape index (κ3) is 4.98. The lowest BCUT2D eigenvalue weighted by molar-refractivity contribution is -0.124. The highest BCUT2D eigenvalue weighted by atomic mass is 32.1. The lowest BCUT2D eigenvalue weighted by Crippen LogP contribution is -2.06. The van der Waals surface area contributed by atoms with E-state index in [2.05, 4.69) is 0 Å². The number of Topliss-reactive ketones (excluding diaryl/α,β-unsaturated/α-hetero) is 2. The summed E-state index contributed by atoms with van der Waals surface area (Å²) in [5, 5.41) is 3.87. The molecule has 0 bridgehead atoms. The van der Waals surface area contributed by atoms with Crippen LogP contribution < -0.4 is 0 Å². The summed E-state index contributed by atoms with van der Waals surface area (Å²) in [4.78, 5) is 32.7. The lowest BCUT2D eigenvalue weighted by Gasteiger charge is -1.98. The first kappa shape index (κ1) is 12.8. The Kier molecular flexibility index (Phi) is 5.64. The third-order valence-corrected chi connectivity index (χ3v) is 2.94. The summed E-state index contributed by atoms with van der Waals surface area (Å²) in [5.41, 5.74) is 1.01. The number of carbonyl (C=O) groups excluding carboxylic acids is 3. The fourth-order valence-electron chi connectivity index (χ4n) is 1.33. The summed E-state index contributed by atoms with van der Waals surface area (Å²) in [6.07, 6.45) is 2.20. The molecular formula is C12H14O3S. The van der Waals surface area contributed by atoms with Crippen LogP contribution in [0.4, 0.5) is 0 Å². The van der Waals surface area contributed by atoms with Gasteiger partial charge in [0.25, 0.3) is 0 Å². The Morgan fingerprint density at radius 3 is 2.56 bits per heavy atom. The van der Waals surface area contributed by atoms with E-state index in [9.17, 15) is 14.4 Å². The van der Waals surface area contributed by atoms with Crippen molar-refractivity contribution >= 4 is 29.2 Å². The molecule has 0 fully saturated rings. The second kappa shape index (κ2) is 7.06. The smallest absolute Gasteiger partial charge is 0.137 e. The Morgan fingerprint density at radius 2 is 1.94 bits per heavy atom. The summed E-state index contributed by atoms with van der Waals surface area (Å²) in [5.74, 6) is 0.0728. The zero-order chi connectivity index (χ0) is 11.8. The molecular weight excluding hydrogens is 224 g/mol. The van der Waals surface area contributed by atoms with Gasteiger partial charge >= 0.3 is 0 Å². The Labute approximate surface area is 98.5 Å². The van der Waals surface area contributed by atoms with Crippen molar-refractivity contribution in [3.05, 3.63) is 22.4 Å². The average molecular weight is 238 g/mol. The molecule has 0 aliphatic carbocycles. The van der Waals surface area contributed by atoms with Crippen molar-refractivity contribution in [3.63, 3.8) is 0 Å². The van der Waals surface area contributed by atoms with Crippen LogP contribution >= 0.6 is 11.3 Å². The number of hydrogen-bond acceptors (Lipinski definition) is 4. The van der Waals surface area contributed by atoms with E-state index in [1.165, 1.54) is 0 Å². The normalized spacial score (nSPS) is 10.0. The maximum atomic E-state index is 11.5. The van der Waals surface area contributed by atoms with Crippen LogP contribution in [-0.2, 0) is 20.8 Å². The molecule has 0 aliphatic rings. The lowest BCUT2D eigenvalue weighted by atomic mass is 10.0. The van der Waals surface area contributed by atoms with E-state index in [0.717, 1.165) is 11.8 Å². The number of aldehydes is 1. The van der Waals surface area contributed by atoms with Gasteiger partial charge in [-0.25, -0.2) is 0 Å². The summed E-state index contributed by atoms with van der Waals surface area (Å²) in [7, 11) is 0. The number of thiophene rings is 1. The molecule has 0 saturated heterocycles. The van der Waals surface area contributed by atoms with Gasteiger partial charge in [0.1, 0.15) is 17.9 Å². The Bertz CT molecular complexity index is 354. The molecule has 1 rings (SSSR count). The number of ketones is 2. The van der Waals surface area contributed by atoms with E-state index in [4.69, 9.17) is 0 Å². The van der Waals surface area contributed by atoms with E-state index in [1.807, 2.05) is 16.8 Å². The topological polar surface area (TPSA) is 51.2 Å². The van der Waals surface area contributed by atoms with Gasteiger partial charge in [0.15, 0.2) is 0 Å². The van der Waals surface area contributed by atoms with Gasteiger partial charge in [-0.05, 0) is 22.4 Å². The van der Waals surface area contributed by atoms with Crippen LogP contribution in [0, 0.1) is 0 Å². The van der Waals surface area contributed by atoms with Crippen LogP contribution in [-0.4, -0.2) is 17.9 Å². The van der Waals surface area contributed by atoms with Crippen LogP contribution in [0.3, 0.4) is 0 Å². The van der Waals surface area contributed by atoms with Crippen molar-refractivity contribution in [1.29, 1.82) is 0 Å². The molecule has 0 radical (unpaired) electrons. The second-order valence-corrected chi connectivity index (χ2v) is 4.37. The molecule has 1 aromatic rings. The molecule has 1 aromatic heterocycles. The summed E-state index contributed by atoms with van der Waals surface area (Å²) < 4.78 is 0. The second-order valence-electron chi connectivity index (χ2n) is 3.59. The monoisotopic (exact) mass is 238 g/mol. The molecule has 16 heavy (non-hydrogen) atoms. The van der Waals surface area contributed by atoms with Crippen molar-refractivity contribution < 1.29 is 14.4 Å². The Hall–Kier alpha value is -1.29. The predicted octanol–water partition coefficient (Wildman–Crippen LogP) is 2.19. The van der Waals surface area contributed by atoms with Gasteiger partial charge in [-0.1, -0.05) is 0 Å². The molecule has 0 aromatic carbocycles. The van der Waals surface area contributed by atoms with Crippen LogP contribution in [0.15, 0.2) is 16.8 Å². The molecule has 0 aliphatic heterocycles. The number of carbonyl (C=O) groups is 3. The summed E-state index contributed by atoms with van der Waals surface area (Å²) in [6.45, 7) is 0. The standard InChI is InChI=1S/C12H14O3S/c13-6-1-2-11(14)3-4-12(15)8-10-5-7-16-9-10/h5-7,9H,1-4,8H2. The molecule has 0 saturated carbocycles. The summed E-state index contributed by atoms with van der Waals surface area (Å²) >= 11 is 1.56. The van der Waals surface area contributed by atoms with Crippen LogP contribution in [0.25, 0.3) is 0 Å². The molecule has 4 heteroatoms. The van der Waals surface area contributed by atoms with E-state index in [0.29, 0.717) is 6.42 Å². The Morgan fingerprint density at radius 1 is 1.19 bits per heavy atom. The minimum atomic E-state index is -0.00855. The van der Waals surface area contributed by atoms with E-state index < -0.39 is 0 Å². The van der Waals surface area contributed by atoms with Gasteiger partial charge in [0.2, 0.25) is 0 Å². The van der Waals surface area contributed by atoms with Crippen molar-refractivity contribution in [1.82, 2.24) is 0 Å². The van der Waals surface area contributed by atoms with Crippen molar-refractivity contribution in [2.24, 2.45) is 0 Å². The van der Waals surface area contributed by atoms with Crippen molar-refractivity contribution in [2.45, 2.75) is 32.1 Å². The maximum Gasteiger partial charge on any atom is 0.137 e. The molecule has 3 nitrogen and oxygen atoms in total. The highest BCUT2D eigenvalue weighted by Gasteiger charge is 2.07. The molecule has 0 unspecified atom stereocenters. The van der Waals surface area contributed by atoms with E-state index >= 15 is 0 Å². The zero-order valence-corrected chi connectivity index (χ0v) is 9.79. The van der Waals surface area contributed by atoms with Gasteiger partial charge in [-0.2, -0.15) is 11.3 Å². The molecule has 0 N–H and O–H groups in total. The Balaban J connectivity index is 2.20. The fraction of sp³-hybridized carbons (Fsp3) is 0.417. The first-order chi connectivity index (χ1) is 7.72. The average Bonchev–Trinajstić information content (AvgIpc) is 2.76. The van der Waals surface area contributed by atoms with E-state index in [-0.39, 0.29) is 37.2 Å². The molecule has 1 heterocycles. The molecule has 86 valence electrons. The number of hydrogen-bond donors (Lipinski definition) is 0. The third-order valence-electron chi connectivity index (χ3n) is 2.21. The highest BCUT2D eigenvalue weighted by molar-refractivity contribution is 7.07. The van der Waals surface area contributed by atoms with Crippen molar-refractivity contribution in [3.8, 4) is 0 Å². The minimum absolute atomic E-state index is 0.00855.